The summed E-state index contributed by atoms with van der Waals surface area (Å²) in [5.41, 5.74) is 12.0. The fourth-order valence-electron chi connectivity index (χ4n) is 7.53. The zero-order valence-corrected chi connectivity index (χ0v) is 28.0. The van der Waals surface area contributed by atoms with Gasteiger partial charge in [0, 0.05) is 83.1 Å². The molecule has 3 fully saturated rings. The summed E-state index contributed by atoms with van der Waals surface area (Å²) >= 11 is 0. The van der Waals surface area contributed by atoms with Crippen LogP contribution in [0.1, 0.15) is 68.2 Å². The number of piperazine rings is 1. The average molecular weight is 617 g/mol. The number of para-hydroxylation sites is 1. The highest BCUT2D eigenvalue weighted by Crippen LogP contribution is 2.25. The third kappa shape index (κ3) is 8.87. The third-order valence-corrected chi connectivity index (χ3v) is 10.6. The highest BCUT2D eigenvalue weighted by Gasteiger charge is 2.34. The van der Waals surface area contributed by atoms with Crippen molar-refractivity contribution in [2.24, 2.45) is 5.92 Å². The van der Waals surface area contributed by atoms with Crippen LogP contribution in [0, 0.1) is 5.92 Å². The number of benzene rings is 2. The van der Waals surface area contributed by atoms with Gasteiger partial charge in [-0.3, -0.25) is 14.5 Å². The second-order valence-electron chi connectivity index (χ2n) is 13.5. The summed E-state index contributed by atoms with van der Waals surface area (Å²) in [7, 11) is 2.20. The summed E-state index contributed by atoms with van der Waals surface area (Å²) in [5, 5.41) is 3.64. The number of carbonyl (C=O) groups excluding carboxylic acids is 2. The smallest absolute Gasteiger partial charge is 0.226 e. The number of nitrogens with zero attached hydrogens (tertiary/aromatic N) is 4. The molecular weight excluding hydrogens is 560 g/mol. The van der Waals surface area contributed by atoms with Crippen LogP contribution < -0.4 is 11.1 Å². The van der Waals surface area contributed by atoms with Gasteiger partial charge in [-0.1, -0.05) is 50.2 Å². The monoisotopic (exact) mass is 616 g/mol. The van der Waals surface area contributed by atoms with Gasteiger partial charge in [-0.2, -0.15) is 0 Å². The maximum Gasteiger partial charge on any atom is 0.226 e. The third-order valence-electron chi connectivity index (χ3n) is 10.6. The van der Waals surface area contributed by atoms with E-state index in [1.165, 1.54) is 16.7 Å². The van der Waals surface area contributed by atoms with Crippen LogP contribution in [-0.4, -0.2) is 103 Å². The van der Waals surface area contributed by atoms with E-state index in [0.717, 1.165) is 109 Å². The minimum absolute atomic E-state index is 0.118. The number of likely N-dealkylation sites (N-methyl/N-ethyl adjacent to an activating group) is 1. The summed E-state index contributed by atoms with van der Waals surface area (Å²) in [6.45, 7) is 12.6. The number of hydrogen-bond acceptors (Lipinski definition) is 6. The Bertz CT molecular complexity index is 1260. The van der Waals surface area contributed by atoms with E-state index in [1.807, 2.05) is 23.1 Å². The maximum absolute atomic E-state index is 14.1. The number of aryl methyl sites for hydroxylation is 2. The Balaban J connectivity index is 1.19. The highest BCUT2D eigenvalue weighted by molar-refractivity contribution is 5.86. The molecule has 2 aromatic carbocycles. The number of rotatable bonds is 11. The van der Waals surface area contributed by atoms with Gasteiger partial charge in [0.2, 0.25) is 11.8 Å². The molecule has 0 bridgehead atoms. The Labute approximate surface area is 271 Å². The number of nitrogens with one attached hydrogen (secondary N) is 1. The van der Waals surface area contributed by atoms with Crippen molar-refractivity contribution >= 4 is 17.5 Å². The molecule has 0 radical (unpaired) electrons. The quantitative estimate of drug-likeness (QED) is 0.372. The number of hydrogen-bond donors (Lipinski definition) is 2. The minimum atomic E-state index is -0.327. The van der Waals surface area contributed by atoms with E-state index < -0.39 is 0 Å². The standard InChI is InChI=1S/C37H56N6O2/c1-4-29-11-10-28(24-30(29)5-2)25-32(37(45)43-18-14-34(15-19-43)41-22-20-40(3)21-23-41)26-36(44)42-16-12-33(13-17-42)39-27-31-8-6-7-9-35(31)38/h6-11,24,32-34,39H,4-5,12-23,25-27,38H2,1-3H3. The van der Waals surface area contributed by atoms with E-state index in [9.17, 15) is 9.59 Å². The van der Waals surface area contributed by atoms with Gasteiger partial charge in [0.05, 0.1) is 5.92 Å². The van der Waals surface area contributed by atoms with Gasteiger partial charge in [0.25, 0.3) is 0 Å². The van der Waals surface area contributed by atoms with Crippen molar-refractivity contribution in [1.82, 2.24) is 24.9 Å². The zero-order valence-electron chi connectivity index (χ0n) is 28.0. The van der Waals surface area contributed by atoms with Crippen LogP contribution in [0.3, 0.4) is 0 Å². The van der Waals surface area contributed by atoms with Crippen LogP contribution in [-0.2, 0) is 35.4 Å². The molecule has 0 aromatic heterocycles. The molecule has 3 N–H and O–H groups in total. The molecule has 0 saturated carbocycles. The largest absolute Gasteiger partial charge is 0.398 e. The molecule has 5 rings (SSSR count). The molecule has 1 atom stereocenters. The lowest BCUT2D eigenvalue weighted by molar-refractivity contribution is -0.143. The van der Waals surface area contributed by atoms with E-state index >= 15 is 0 Å². The fraction of sp³-hybridized carbons (Fsp3) is 0.622. The predicted octanol–water partition coefficient (Wildman–Crippen LogP) is 3.96. The van der Waals surface area contributed by atoms with Gasteiger partial charge >= 0.3 is 0 Å². The molecule has 8 heteroatoms. The second-order valence-corrected chi connectivity index (χ2v) is 13.5. The average Bonchev–Trinajstić information content (AvgIpc) is 3.08. The molecule has 8 nitrogen and oxygen atoms in total. The molecule has 1 unspecified atom stereocenters. The lowest BCUT2D eigenvalue weighted by Gasteiger charge is -2.42. The van der Waals surface area contributed by atoms with E-state index in [4.69, 9.17) is 5.73 Å². The summed E-state index contributed by atoms with van der Waals surface area (Å²) < 4.78 is 0. The van der Waals surface area contributed by atoms with Gasteiger partial charge < -0.3 is 25.8 Å². The Morgan fingerprint density at radius 3 is 2.16 bits per heavy atom. The van der Waals surface area contributed by atoms with Gasteiger partial charge in [0.15, 0.2) is 0 Å². The van der Waals surface area contributed by atoms with E-state index in [2.05, 4.69) is 65.2 Å². The molecule has 2 aromatic rings. The summed E-state index contributed by atoms with van der Waals surface area (Å²) in [6, 6.07) is 15.6. The van der Waals surface area contributed by atoms with Gasteiger partial charge in [-0.15, -0.1) is 0 Å². The molecule has 246 valence electrons. The summed E-state index contributed by atoms with van der Waals surface area (Å²) in [4.78, 5) is 36.9. The highest BCUT2D eigenvalue weighted by atomic mass is 16.2. The van der Waals surface area contributed by atoms with Crippen molar-refractivity contribution in [2.75, 3.05) is 65.1 Å². The van der Waals surface area contributed by atoms with Crippen molar-refractivity contribution in [1.29, 1.82) is 0 Å². The van der Waals surface area contributed by atoms with E-state index in [0.29, 0.717) is 18.5 Å². The predicted molar refractivity (Wildman–Crippen MR) is 183 cm³/mol. The number of anilines is 1. The molecule has 3 aliphatic rings. The minimum Gasteiger partial charge on any atom is -0.398 e. The summed E-state index contributed by atoms with van der Waals surface area (Å²) in [6.07, 6.45) is 6.77. The van der Waals surface area contributed by atoms with Crippen LogP contribution in [0.5, 0.6) is 0 Å². The number of piperidine rings is 2. The summed E-state index contributed by atoms with van der Waals surface area (Å²) in [5.74, 6) is -0.0473. The van der Waals surface area contributed by atoms with Crippen molar-refractivity contribution in [3.63, 3.8) is 0 Å². The van der Waals surface area contributed by atoms with Crippen LogP contribution >= 0.6 is 0 Å². The van der Waals surface area contributed by atoms with Gasteiger partial charge in [-0.25, -0.2) is 0 Å². The van der Waals surface area contributed by atoms with Crippen molar-refractivity contribution in [2.45, 2.75) is 83.8 Å². The van der Waals surface area contributed by atoms with Gasteiger partial charge in [-0.05, 0) is 80.3 Å². The molecule has 0 spiro atoms. The van der Waals surface area contributed by atoms with Crippen LogP contribution in [0.2, 0.25) is 0 Å². The Morgan fingerprint density at radius 2 is 1.49 bits per heavy atom. The Morgan fingerprint density at radius 1 is 0.822 bits per heavy atom. The number of nitrogens with two attached hydrogens (primary N) is 1. The van der Waals surface area contributed by atoms with Crippen LogP contribution in [0.25, 0.3) is 0 Å². The van der Waals surface area contributed by atoms with Crippen molar-refractivity contribution in [3.05, 3.63) is 64.7 Å². The first-order chi connectivity index (χ1) is 21.8. The van der Waals surface area contributed by atoms with Crippen molar-refractivity contribution < 1.29 is 9.59 Å². The molecular formula is C37H56N6O2. The first-order valence-corrected chi connectivity index (χ1v) is 17.5. The first kappa shape index (κ1) is 33.4. The topological polar surface area (TPSA) is 85.1 Å². The molecule has 3 aliphatic heterocycles. The number of amides is 2. The fourth-order valence-corrected chi connectivity index (χ4v) is 7.53. The second kappa shape index (κ2) is 16.1. The molecule has 45 heavy (non-hydrogen) atoms. The molecule has 3 heterocycles. The molecule has 2 amide bonds. The SMILES string of the molecule is CCc1ccc(CC(CC(=O)N2CCC(NCc3ccccc3N)CC2)C(=O)N2CCC(N3CCN(C)CC3)CC2)cc1CC. The molecule has 3 saturated heterocycles. The van der Waals surface area contributed by atoms with Crippen molar-refractivity contribution in [3.8, 4) is 0 Å². The Hall–Kier alpha value is -2.94. The van der Waals surface area contributed by atoms with Crippen LogP contribution in [0.15, 0.2) is 42.5 Å². The lowest BCUT2D eigenvalue weighted by Crippen LogP contribution is -2.53. The Kier molecular flexibility index (Phi) is 11.9. The number of carbonyl (C=O) groups is 2. The van der Waals surface area contributed by atoms with Crippen LogP contribution in [0.4, 0.5) is 5.69 Å². The van der Waals surface area contributed by atoms with E-state index in [-0.39, 0.29) is 24.2 Å². The van der Waals surface area contributed by atoms with Gasteiger partial charge in [0.1, 0.15) is 0 Å². The number of nitrogen functional groups attached to an aromatic ring is 1. The first-order valence-electron chi connectivity index (χ1n) is 17.5. The molecule has 0 aliphatic carbocycles. The maximum atomic E-state index is 14.1. The number of likely N-dealkylation sites (tertiary alicyclic amines) is 2. The zero-order chi connectivity index (χ0) is 31.8. The lowest BCUT2D eigenvalue weighted by atomic mass is 9.90. The van der Waals surface area contributed by atoms with E-state index in [1.54, 1.807) is 0 Å². The normalized spacial score (nSPS) is 20.0.